The van der Waals surface area contributed by atoms with Gasteiger partial charge in [0.2, 0.25) is 5.88 Å². The van der Waals surface area contributed by atoms with Crippen molar-refractivity contribution in [2.45, 2.75) is 6.67 Å². The standard InChI is InChI=1S/C20H21FN6O2S/c21-14-6-7-17-16(12-14)18(22-23-20(30)24-29)19(28)27(17)13-25-8-10-26(11-9-25)15-4-2-1-3-5-15/h1-7,12,22,28H,8-11,13H2,(H,23,30). The van der Waals surface area contributed by atoms with E-state index >= 15 is 0 Å². The molecule has 0 unspecified atom stereocenters. The van der Waals surface area contributed by atoms with Crippen molar-refractivity contribution in [1.29, 1.82) is 0 Å². The van der Waals surface area contributed by atoms with E-state index in [-0.39, 0.29) is 16.7 Å². The second-order valence-electron chi connectivity index (χ2n) is 7.02. The molecule has 0 bridgehead atoms. The van der Waals surface area contributed by atoms with Crippen molar-refractivity contribution < 1.29 is 9.50 Å². The van der Waals surface area contributed by atoms with Crippen LogP contribution in [0.1, 0.15) is 0 Å². The van der Waals surface area contributed by atoms with Crippen LogP contribution < -0.4 is 15.8 Å². The van der Waals surface area contributed by atoms with Gasteiger partial charge in [0.25, 0.3) is 5.11 Å². The first-order chi connectivity index (χ1) is 14.6. The van der Waals surface area contributed by atoms with Crippen LogP contribution >= 0.6 is 12.2 Å². The largest absolute Gasteiger partial charge is 0.493 e. The molecule has 3 N–H and O–H groups in total. The van der Waals surface area contributed by atoms with Crippen LogP contribution in [0.2, 0.25) is 0 Å². The van der Waals surface area contributed by atoms with Crippen molar-refractivity contribution in [3.8, 4) is 5.88 Å². The van der Waals surface area contributed by atoms with E-state index in [9.17, 15) is 14.4 Å². The number of hydrogen-bond acceptors (Lipinski definition) is 6. The van der Waals surface area contributed by atoms with Crippen LogP contribution in [-0.2, 0) is 6.67 Å². The van der Waals surface area contributed by atoms with Crippen molar-refractivity contribution in [2.24, 2.45) is 5.18 Å². The number of piperazine rings is 1. The summed E-state index contributed by atoms with van der Waals surface area (Å²) in [6.45, 7) is 3.80. The maximum atomic E-state index is 13.8. The lowest BCUT2D eigenvalue weighted by Gasteiger charge is -2.36. The predicted octanol–water partition coefficient (Wildman–Crippen LogP) is 3.23. The highest BCUT2D eigenvalue weighted by molar-refractivity contribution is 7.80. The number of nitrogens with zero attached hydrogens (tertiary/aromatic N) is 4. The minimum atomic E-state index is -0.435. The van der Waals surface area contributed by atoms with E-state index in [1.54, 1.807) is 10.6 Å². The smallest absolute Gasteiger partial charge is 0.254 e. The molecule has 0 aliphatic carbocycles. The Balaban J connectivity index is 1.53. The van der Waals surface area contributed by atoms with Crippen molar-refractivity contribution in [1.82, 2.24) is 14.9 Å². The molecule has 4 rings (SSSR count). The number of hydrazine groups is 1. The highest BCUT2D eigenvalue weighted by Gasteiger charge is 2.22. The SMILES string of the molecule is O=NC(=S)NNc1c(O)n(CN2CCN(c3ccccc3)CC2)c2ccc(F)cc12. The zero-order valence-corrected chi connectivity index (χ0v) is 16.9. The predicted molar refractivity (Wildman–Crippen MR) is 119 cm³/mol. The van der Waals surface area contributed by atoms with Gasteiger partial charge in [-0.2, -0.15) is 0 Å². The average molecular weight is 428 g/mol. The van der Waals surface area contributed by atoms with Crippen molar-refractivity contribution in [3.63, 3.8) is 0 Å². The molecule has 0 saturated carbocycles. The molecule has 0 spiro atoms. The molecule has 2 aromatic carbocycles. The number of rotatable bonds is 5. The minimum absolute atomic E-state index is 0.0812. The fraction of sp³-hybridized carbons (Fsp3) is 0.250. The van der Waals surface area contributed by atoms with E-state index in [1.807, 2.05) is 18.2 Å². The Kier molecular flexibility index (Phi) is 5.77. The zero-order chi connectivity index (χ0) is 21.1. The Morgan fingerprint density at radius 2 is 1.87 bits per heavy atom. The quantitative estimate of drug-likeness (QED) is 0.327. The summed E-state index contributed by atoms with van der Waals surface area (Å²) in [5, 5.41) is 13.5. The molecule has 1 aromatic heterocycles. The van der Waals surface area contributed by atoms with Crippen LogP contribution in [0.5, 0.6) is 5.88 Å². The molecule has 2 heterocycles. The molecular weight excluding hydrogens is 407 g/mol. The van der Waals surface area contributed by atoms with Crippen molar-refractivity contribution in [3.05, 3.63) is 59.3 Å². The molecule has 156 valence electrons. The van der Waals surface area contributed by atoms with Gasteiger partial charge in [-0.3, -0.25) is 20.3 Å². The third kappa shape index (κ3) is 4.05. The third-order valence-electron chi connectivity index (χ3n) is 5.21. The van der Waals surface area contributed by atoms with Gasteiger partial charge < -0.3 is 10.0 Å². The number of halogens is 1. The summed E-state index contributed by atoms with van der Waals surface area (Å²) in [4.78, 5) is 15.0. The fourth-order valence-corrected chi connectivity index (χ4v) is 3.76. The van der Waals surface area contributed by atoms with E-state index in [2.05, 4.69) is 38.0 Å². The van der Waals surface area contributed by atoms with E-state index in [1.165, 1.54) is 17.8 Å². The minimum Gasteiger partial charge on any atom is -0.493 e. The lowest BCUT2D eigenvalue weighted by atomic mass is 10.2. The summed E-state index contributed by atoms with van der Waals surface area (Å²) in [5.74, 6) is -0.516. The second kappa shape index (κ2) is 8.64. The van der Waals surface area contributed by atoms with E-state index in [4.69, 9.17) is 12.2 Å². The number of para-hydroxylation sites is 1. The Labute approximate surface area is 177 Å². The number of aromatic hydroxyl groups is 1. The van der Waals surface area contributed by atoms with Gasteiger partial charge in [0.1, 0.15) is 11.5 Å². The van der Waals surface area contributed by atoms with Gasteiger partial charge in [-0.25, -0.2) is 4.39 Å². The van der Waals surface area contributed by atoms with Crippen LogP contribution in [0.4, 0.5) is 15.8 Å². The summed E-state index contributed by atoms with van der Waals surface area (Å²) >= 11 is 4.71. The summed E-state index contributed by atoms with van der Waals surface area (Å²) in [6, 6.07) is 14.5. The normalized spacial score (nSPS) is 14.6. The van der Waals surface area contributed by atoms with Gasteiger partial charge in [-0.1, -0.05) is 18.2 Å². The zero-order valence-electron chi connectivity index (χ0n) is 16.1. The number of nitrogens with one attached hydrogen (secondary N) is 2. The summed E-state index contributed by atoms with van der Waals surface area (Å²) in [5.41, 5.74) is 7.19. The topological polar surface area (TPSA) is 85.1 Å². The Morgan fingerprint density at radius 3 is 2.57 bits per heavy atom. The highest BCUT2D eigenvalue weighted by Crippen LogP contribution is 2.36. The van der Waals surface area contributed by atoms with Crippen LogP contribution in [0, 0.1) is 10.7 Å². The number of anilines is 2. The first-order valence-corrected chi connectivity index (χ1v) is 9.90. The van der Waals surface area contributed by atoms with Gasteiger partial charge in [0.15, 0.2) is 0 Å². The molecular formula is C20H21FN6O2S. The Hall–Kier alpha value is -3.24. The molecule has 0 radical (unpaired) electrons. The van der Waals surface area contributed by atoms with Gasteiger partial charge >= 0.3 is 0 Å². The van der Waals surface area contributed by atoms with E-state index < -0.39 is 5.82 Å². The van der Waals surface area contributed by atoms with Gasteiger partial charge in [-0.15, -0.1) is 4.91 Å². The molecule has 1 aliphatic heterocycles. The molecule has 0 amide bonds. The number of thiocarbonyl (C=S) groups is 1. The molecule has 8 nitrogen and oxygen atoms in total. The Morgan fingerprint density at radius 1 is 1.13 bits per heavy atom. The second-order valence-corrected chi connectivity index (χ2v) is 7.40. The number of aromatic nitrogens is 1. The molecule has 1 fully saturated rings. The number of nitroso groups, excluding NO2 is 1. The Bertz CT molecular complexity index is 1070. The molecule has 3 aromatic rings. The number of benzene rings is 2. The van der Waals surface area contributed by atoms with Crippen LogP contribution in [-0.4, -0.2) is 45.9 Å². The van der Waals surface area contributed by atoms with Crippen LogP contribution in [0.15, 0.2) is 53.7 Å². The molecule has 1 saturated heterocycles. The van der Waals surface area contributed by atoms with Gasteiger partial charge in [-0.05, 0) is 42.5 Å². The fourth-order valence-electron chi connectivity index (χ4n) is 3.70. The first kappa shape index (κ1) is 20.0. The lowest BCUT2D eigenvalue weighted by molar-refractivity contribution is 0.200. The van der Waals surface area contributed by atoms with Gasteiger partial charge in [0.05, 0.1) is 12.2 Å². The molecule has 0 atom stereocenters. The van der Waals surface area contributed by atoms with Crippen molar-refractivity contribution in [2.75, 3.05) is 36.5 Å². The third-order valence-corrected chi connectivity index (χ3v) is 5.39. The highest BCUT2D eigenvalue weighted by atomic mass is 32.1. The van der Waals surface area contributed by atoms with Gasteiger partial charge in [0, 0.05) is 42.4 Å². The summed E-state index contributed by atoms with van der Waals surface area (Å²) in [7, 11) is 0. The van der Waals surface area contributed by atoms with E-state index in [0.29, 0.717) is 17.6 Å². The first-order valence-electron chi connectivity index (χ1n) is 9.49. The number of hydrogen-bond donors (Lipinski definition) is 3. The maximum absolute atomic E-state index is 13.8. The molecule has 30 heavy (non-hydrogen) atoms. The molecule has 1 aliphatic rings. The monoisotopic (exact) mass is 428 g/mol. The van der Waals surface area contributed by atoms with E-state index in [0.717, 1.165) is 26.2 Å². The lowest BCUT2D eigenvalue weighted by Crippen LogP contribution is -2.46. The average Bonchev–Trinajstić information content (AvgIpc) is 3.03. The number of fused-ring (bicyclic) bond motifs is 1. The van der Waals surface area contributed by atoms with Crippen LogP contribution in [0.25, 0.3) is 10.9 Å². The van der Waals surface area contributed by atoms with Crippen LogP contribution in [0.3, 0.4) is 0 Å². The summed E-state index contributed by atoms with van der Waals surface area (Å²) in [6.07, 6.45) is 0. The summed E-state index contributed by atoms with van der Waals surface area (Å²) < 4.78 is 15.5. The van der Waals surface area contributed by atoms with Crippen molar-refractivity contribution >= 4 is 39.6 Å². The molecule has 10 heteroatoms. The maximum Gasteiger partial charge on any atom is 0.254 e.